The Balaban J connectivity index is 3.15. The van der Waals surface area contributed by atoms with Gasteiger partial charge in [0.05, 0.1) is 18.8 Å². The maximum absolute atomic E-state index is 13.4. The zero-order chi connectivity index (χ0) is 30.2. The molecule has 39 heavy (non-hydrogen) atoms. The Morgan fingerprint density at radius 2 is 1.36 bits per heavy atom. The van der Waals surface area contributed by atoms with Crippen LogP contribution in [-0.2, 0) is 28.7 Å². The van der Waals surface area contributed by atoms with Gasteiger partial charge in [-0.05, 0) is 38.0 Å². The average molecular weight is 555 g/mol. The van der Waals surface area contributed by atoms with Crippen LogP contribution in [-0.4, -0.2) is 88.9 Å². The number of ketones is 1. The standard InChI is InChI=1S/C28H50N4O7/c1-11-16(5)21(30-27(38)23(17(6)12-2)32(10)19(8)34)25(36)31-22(18(7)33)26(37)29-20(13-15(3)4)24(35)28(9)14-39-28/h15-18,20-23,33H,11-14H2,1-10H3,(H,29,37)(H,30,38)(H,31,36)/t16-,17-,18+,20?,21-,22-,23-,28+/m0/s1. The smallest absolute Gasteiger partial charge is 0.245 e. The molecule has 8 atom stereocenters. The average Bonchev–Trinajstić information content (AvgIpc) is 3.61. The van der Waals surface area contributed by atoms with Crippen LogP contribution in [0.3, 0.4) is 0 Å². The maximum Gasteiger partial charge on any atom is 0.245 e. The molecule has 1 aliphatic heterocycles. The fourth-order valence-corrected chi connectivity index (χ4v) is 4.41. The summed E-state index contributed by atoms with van der Waals surface area (Å²) in [5.41, 5.74) is -0.943. The number of Topliss-reactive ketones (excluding diaryl/α,β-unsaturated/α-hetero) is 1. The van der Waals surface area contributed by atoms with Gasteiger partial charge in [-0.3, -0.25) is 24.0 Å². The summed E-state index contributed by atoms with van der Waals surface area (Å²) in [6.07, 6.45) is 0.280. The maximum atomic E-state index is 13.4. The number of carbonyl (C=O) groups is 5. The minimum absolute atomic E-state index is 0.0952. The number of aliphatic hydroxyl groups is 1. The van der Waals surface area contributed by atoms with Crippen molar-refractivity contribution in [3.63, 3.8) is 0 Å². The molecule has 0 aliphatic carbocycles. The van der Waals surface area contributed by atoms with Crippen LogP contribution in [0.1, 0.15) is 81.6 Å². The van der Waals surface area contributed by atoms with E-state index >= 15 is 0 Å². The van der Waals surface area contributed by atoms with E-state index in [-0.39, 0.29) is 36.1 Å². The lowest BCUT2D eigenvalue weighted by molar-refractivity contribution is -0.141. The molecular formula is C28H50N4O7. The molecule has 0 aromatic carbocycles. The van der Waals surface area contributed by atoms with Crippen molar-refractivity contribution in [1.29, 1.82) is 0 Å². The Labute approximate surface area is 233 Å². The second-order valence-electron chi connectivity index (χ2n) is 11.6. The van der Waals surface area contributed by atoms with E-state index in [4.69, 9.17) is 4.74 Å². The first-order chi connectivity index (χ1) is 18.0. The third-order valence-electron chi connectivity index (χ3n) is 7.66. The van der Waals surface area contributed by atoms with Crippen molar-refractivity contribution >= 4 is 29.4 Å². The molecule has 1 heterocycles. The van der Waals surface area contributed by atoms with Crippen LogP contribution in [0, 0.1) is 17.8 Å². The van der Waals surface area contributed by atoms with E-state index in [1.165, 1.54) is 18.7 Å². The predicted molar refractivity (Wildman–Crippen MR) is 147 cm³/mol. The van der Waals surface area contributed by atoms with Gasteiger partial charge in [0.1, 0.15) is 23.7 Å². The molecule has 4 amide bonds. The van der Waals surface area contributed by atoms with Crippen molar-refractivity contribution < 1.29 is 33.8 Å². The minimum atomic E-state index is -1.36. The SMILES string of the molecule is CC[C@H](C)[C@H](NC(=O)[C@H]([C@@H](C)CC)N(C)C(C)=O)C(=O)N[C@H](C(=O)NC(CC(C)C)C(=O)[C@@]1(C)CO1)[C@@H](C)O. The molecular weight excluding hydrogens is 504 g/mol. The van der Waals surface area contributed by atoms with E-state index in [9.17, 15) is 29.1 Å². The number of epoxide rings is 1. The number of amides is 4. The summed E-state index contributed by atoms with van der Waals surface area (Å²) in [5, 5.41) is 18.5. The number of likely N-dealkylation sites (N-methyl/N-ethyl adjacent to an activating group) is 1. The Hall–Kier alpha value is -2.53. The van der Waals surface area contributed by atoms with Crippen molar-refractivity contribution in [3.8, 4) is 0 Å². The highest BCUT2D eigenvalue weighted by molar-refractivity contribution is 5.99. The van der Waals surface area contributed by atoms with Crippen LogP contribution in [0.4, 0.5) is 0 Å². The number of ether oxygens (including phenoxy) is 1. The molecule has 11 nitrogen and oxygen atoms in total. The van der Waals surface area contributed by atoms with Crippen molar-refractivity contribution in [2.75, 3.05) is 13.7 Å². The van der Waals surface area contributed by atoms with Crippen LogP contribution in [0.5, 0.6) is 0 Å². The lowest BCUT2D eigenvalue weighted by Gasteiger charge is -2.34. The van der Waals surface area contributed by atoms with Crippen molar-refractivity contribution in [2.45, 2.75) is 117 Å². The van der Waals surface area contributed by atoms with Crippen LogP contribution in [0.25, 0.3) is 0 Å². The van der Waals surface area contributed by atoms with Gasteiger partial charge in [-0.2, -0.15) is 0 Å². The summed E-state index contributed by atoms with van der Waals surface area (Å²) >= 11 is 0. The molecule has 0 bridgehead atoms. The Morgan fingerprint density at radius 3 is 1.77 bits per heavy atom. The van der Waals surface area contributed by atoms with Gasteiger partial charge in [-0.1, -0.05) is 54.4 Å². The van der Waals surface area contributed by atoms with Crippen molar-refractivity contribution in [2.24, 2.45) is 17.8 Å². The zero-order valence-electron chi connectivity index (χ0n) is 25.3. The molecule has 0 aromatic heterocycles. The van der Waals surface area contributed by atoms with Gasteiger partial charge in [0.25, 0.3) is 0 Å². The highest BCUT2D eigenvalue weighted by atomic mass is 16.6. The fourth-order valence-electron chi connectivity index (χ4n) is 4.41. The number of hydrogen-bond acceptors (Lipinski definition) is 7. The summed E-state index contributed by atoms with van der Waals surface area (Å²) < 4.78 is 5.27. The molecule has 1 aliphatic rings. The first-order valence-corrected chi connectivity index (χ1v) is 14.0. The third-order valence-corrected chi connectivity index (χ3v) is 7.66. The monoisotopic (exact) mass is 554 g/mol. The van der Waals surface area contributed by atoms with Gasteiger partial charge in [0.15, 0.2) is 5.78 Å². The summed E-state index contributed by atoms with van der Waals surface area (Å²) in [7, 11) is 1.55. The summed E-state index contributed by atoms with van der Waals surface area (Å²) in [6.45, 7) is 16.0. The van der Waals surface area contributed by atoms with Crippen LogP contribution < -0.4 is 16.0 Å². The summed E-state index contributed by atoms with van der Waals surface area (Å²) in [4.78, 5) is 66.4. The van der Waals surface area contributed by atoms with Gasteiger partial charge < -0.3 is 30.7 Å². The van der Waals surface area contributed by atoms with Crippen molar-refractivity contribution in [1.82, 2.24) is 20.9 Å². The first kappa shape index (κ1) is 34.5. The predicted octanol–water partition coefficient (Wildman–Crippen LogP) is 1.16. The summed E-state index contributed by atoms with van der Waals surface area (Å²) in [5.74, 6) is -2.73. The molecule has 0 spiro atoms. The number of rotatable bonds is 16. The Morgan fingerprint density at radius 1 is 0.872 bits per heavy atom. The molecule has 1 unspecified atom stereocenters. The lowest BCUT2D eigenvalue weighted by Crippen LogP contribution is -2.62. The topological polar surface area (TPSA) is 157 Å². The van der Waals surface area contributed by atoms with Gasteiger partial charge in [-0.25, -0.2) is 0 Å². The van der Waals surface area contributed by atoms with Gasteiger partial charge in [0.2, 0.25) is 23.6 Å². The van der Waals surface area contributed by atoms with Gasteiger partial charge >= 0.3 is 0 Å². The molecule has 0 aromatic rings. The highest BCUT2D eigenvalue weighted by Gasteiger charge is 2.50. The molecule has 1 fully saturated rings. The van der Waals surface area contributed by atoms with Crippen molar-refractivity contribution in [3.05, 3.63) is 0 Å². The Kier molecular flexibility index (Phi) is 13.0. The number of nitrogens with one attached hydrogen (secondary N) is 3. The molecule has 1 rings (SSSR count). The second kappa shape index (κ2) is 14.7. The van der Waals surface area contributed by atoms with Gasteiger partial charge in [-0.15, -0.1) is 0 Å². The van der Waals surface area contributed by atoms with Crippen LogP contribution in [0.15, 0.2) is 0 Å². The molecule has 0 radical (unpaired) electrons. The van der Waals surface area contributed by atoms with Crippen LogP contribution in [0.2, 0.25) is 0 Å². The minimum Gasteiger partial charge on any atom is -0.391 e. The second-order valence-corrected chi connectivity index (χ2v) is 11.6. The van der Waals surface area contributed by atoms with E-state index in [0.717, 1.165) is 0 Å². The van der Waals surface area contributed by atoms with Gasteiger partial charge in [0, 0.05) is 14.0 Å². The van der Waals surface area contributed by atoms with E-state index in [0.29, 0.717) is 19.3 Å². The quantitative estimate of drug-likeness (QED) is 0.209. The van der Waals surface area contributed by atoms with E-state index in [2.05, 4.69) is 16.0 Å². The molecule has 11 heteroatoms. The summed E-state index contributed by atoms with van der Waals surface area (Å²) in [6, 6.07) is -4.00. The van der Waals surface area contributed by atoms with E-state index in [1.807, 2.05) is 34.6 Å². The number of hydrogen-bond donors (Lipinski definition) is 4. The molecule has 1 saturated heterocycles. The van der Waals surface area contributed by atoms with Crippen LogP contribution >= 0.6 is 0 Å². The number of aliphatic hydroxyl groups excluding tert-OH is 1. The Bertz CT molecular complexity index is 887. The fraction of sp³-hybridized carbons (Fsp3) is 0.821. The van der Waals surface area contributed by atoms with E-state index < -0.39 is 53.6 Å². The highest BCUT2D eigenvalue weighted by Crippen LogP contribution is 2.29. The molecule has 224 valence electrons. The zero-order valence-corrected chi connectivity index (χ0v) is 25.3. The van der Waals surface area contributed by atoms with E-state index in [1.54, 1.807) is 20.9 Å². The first-order valence-electron chi connectivity index (χ1n) is 14.0. The third kappa shape index (κ3) is 9.56. The largest absolute Gasteiger partial charge is 0.391 e. The normalized spacial score (nSPS) is 21.9. The number of nitrogens with zero attached hydrogens (tertiary/aromatic N) is 1. The lowest BCUT2D eigenvalue weighted by atomic mass is 9.92. The number of carbonyl (C=O) groups excluding carboxylic acids is 5. The molecule has 4 N–H and O–H groups in total. The molecule has 0 saturated carbocycles.